The van der Waals surface area contributed by atoms with Crippen molar-refractivity contribution in [2.75, 3.05) is 25.5 Å². The van der Waals surface area contributed by atoms with Gasteiger partial charge in [-0.1, -0.05) is 25.4 Å². The summed E-state index contributed by atoms with van der Waals surface area (Å²) < 4.78 is 5.29. The summed E-state index contributed by atoms with van der Waals surface area (Å²) in [5.74, 6) is 1.06. The summed E-state index contributed by atoms with van der Waals surface area (Å²) in [7, 11) is 1.58. The molecule has 0 fully saturated rings. The number of amides is 1. The van der Waals surface area contributed by atoms with Crippen molar-refractivity contribution < 1.29 is 9.53 Å². The van der Waals surface area contributed by atoms with Crippen LogP contribution in [-0.4, -0.2) is 41.0 Å². The molecule has 0 bridgehead atoms. The monoisotopic (exact) mass is 362 g/mol. The number of benzene rings is 1. The van der Waals surface area contributed by atoms with Crippen LogP contribution in [0.15, 0.2) is 30.6 Å². The lowest BCUT2D eigenvalue weighted by Crippen LogP contribution is -2.33. The van der Waals surface area contributed by atoms with Crippen molar-refractivity contribution in [3.8, 4) is 5.75 Å². The summed E-state index contributed by atoms with van der Waals surface area (Å²) >= 11 is 6.02. The van der Waals surface area contributed by atoms with Gasteiger partial charge in [0.25, 0.3) is 5.91 Å². The summed E-state index contributed by atoms with van der Waals surface area (Å²) in [5, 5.41) is 3.68. The predicted molar refractivity (Wildman–Crippen MR) is 99.8 cm³/mol. The first kappa shape index (κ1) is 19.0. The molecule has 1 heterocycles. The van der Waals surface area contributed by atoms with Crippen LogP contribution in [0.5, 0.6) is 5.75 Å². The van der Waals surface area contributed by atoms with E-state index in [2.05, 4.69) is 15.3 Å². The number of nitrogens with zero attached hydrogens (tertiary/aromatic N) is 3. The fourth-order valence-corrected chi connectivity index (χ4v) is 2.61. The summed E-state index contributed by atoms with van der Waals surface area (Å²) in [4.78, 5) is 22.8. The molecule has 0 aliphatic heterocycles. The van der Waals surface area contributed by atoms with E-state index in [1.54, 1.807) is 30.2 Å². The molecule has 6 nitrogen and oxygen atoms in total. The molecule has 7 heteroatoms. The second-order valence-corrected chi connectivity index (χ2v) is 5.99. The molecule has 0 spiro atoms. The minimum Gasteiger partial charge on any atom is -0.495 e. The maximum absolute atomic E-state index is 12.5. The van der Waals surface area contributed by atoms with Gasteiger partial charge in [-0.2, -0.15) is 0 Å². The third-order valence-corrected chi connectivity index (χ3v) is 3.80. The third kappa shape index (κ3) is 5.06. The van der Waals surface area contributed by atoms with Gasteiger partial charge in [-0.05, 0) is 31.0 Å². The Kier molecular flexibility index (Phi) is 7.01. The molecule has 2 aromatic rings. The highest BCUT2D eigenvalue weighted by Gasteiger charge is 2.16. The van der Waals surface area contributed by atoms with E-state index < -0.39 is 0 Å². The molecule has 0 aliphatic rings. The average molecular weight is 363 g/mol. The topological polar surface area (TPSA) is 67.4 Å². The Morgan fingerprint density at radius 2 is 1.92 bits per heavy atom. The van der Waals surface area contributed by atoms with E-state index in [4.69, 9.17) is 16.3 Å². The Labute approximate surface area is 153 Å². The second kappa shape index (κ2) is 9.22. The van der Waals surface area contributed by atoms with Crippen molar-refractivity contribution in [2.45, 2.75) is 26.7 Å². The molecule has 1 N–H and O–H groups in total. The zero-order valence-electron chi connectivity index (χ0n) is 14.8. The fourth-order valence-electron chi connectivity index (χ4n) is 2.44. The summed E-state index contributed by atoms with van der Waals surface area (Å²) in [5.41, 5.74) is 1.02. The van der Waals surface area contributed by atoms with Crippen LogP contribution in [0.25, 0.3) is 0 Å². The molecule has 0 saturated carbocycles. The van der Waals surface area contributed by atoms with E-state index in [0.717, 1.165) is 12.8 Å². The number of halogens is 1. The smallest absolute Gasteiger partial charge is 0.274 e. The first-order chi connectivity index (χ1) is 12.1. The number of hydrogen-bond acceptors (Lipinski definition) is 5. The lowest BCUT2D eigenvalue weighted by Gasteiger charge is -2.20. The van der Waals surface area contributed by atoms with Gasteiger partial charge in [-0.3, -0.25) is 4.79 Å². The first-order valence-corrected chi connectivity index (χ1v) is 8.68. The number of hydrogen-bond donors (Lipinski definition) is 1. The Hall–Kier alpha value is -2.34. The minimum absolute atomic E-state index is 0.0944. The Bertz CT molecular complexity index is 701. The van der Waals surface area contributed by atoms with E-state index in [-0.39, 0.29) is 5.91 Å². The Balaban J connectivity index is 2.14. The maximum atomic E-state index is 12.5. The molecule has 1 amide bonds. The standard InChI is InChI=1S/C18H23ClN4O2/c1-4-8-23(9-5-2)18(24)15-11-21-17(12-20-15)22-14-10-13(19)6-7-16(14)25-3/h6-7,10-12H,4-5,8-9H2,1-3H3,(H,21,22). The second-order valence-electron chi connectivity index (χ2n) is 5.55. The molecule has 134 valence electrons. The van der Waals surface area contributed by atoms with Crippen molar-refractivity contribution in [2.24, 2.45) is 0 Å². The van der Waals surface area contributed by atoms with Crippen molar-refractivity contribution >= 4 is 29.0 Å². The molecule has 1 aromatic heterocycles. The molecular weight excluding hydrogens is 340 g/mol. The van der Waals surface area contributed by atoms with Gasteiger partial charge in [0.05, 0.1) is 25.2 Å². The van der Waals surface area contributed by atoms with Gasteiger partial charge in [0.1, 0.15) is 17.3 Å². The Morgan fingerprint density at radius 1 is 1.20 bits per heavy atom. The summed E-state index contributed by atoms with van der Waals surface area (Å²) in [6.07, 6.45) is 4.84. The molecule has 25 heavy (non-hydrogen) atoms. The quantitative estimate of drug-likeness (QED) is 0.764. The molecular formula is C18H23ClN4O2. The van der Waals surface area contributed by atoms with Gasteiger partial charge >= 0.3 is 0 Å². The maximum Gasteiger partial charge on any atom is 0.274 e. The number of ether oxygens (including phenoxy) is 1. The number of carbonyl (C=O) groups excluding carboxylic acids is 1. The minimum atomic E-state index is -0.0944. The van der Waals surface area contributed by atoms with Crippen LogP contribution in [0.4, 0.5) is 11.5 Å². The zero-order valence-corrected chi connectivity index (χ0v) is 15.5. The molecule has 0 atom stereocenters. The van der Waals surface area contributed by atoms with Crippen LogP contribution in [-0.2, 0) is 0 Å². The molecule has 2 rings (SSSR count). The highest BCUT2D eigenvalue weighted by molar-refractivity contribution is 6.31. The van der Waals surface area contributed by atoms with Crippen molar-refractivity contribution in [1.29, 1.82) is 0 Å². The normalized spacial score (nSPS) is 10.4. The number of carbonyl (C=O) groups is 1. The van der Waals surface area contributed by atoms with Gasteiger partial charge in [0.2, 0.25) is 0 Å². The van der Waals surface area contributed by atoms with Crippen LogP contribution >= 0.6 is 11.6 Å². The highest BCUT2D eigenvalue weighted by atomic mass is 35.5. The van der Waals surface area contributed by atoms with Gasteiger partial charge in [-0.15, -0.1) is 0 Å². The molecule has 0 radical (unpaired) electrons. The van der Waals surface area contributed by atoms with Crippen molar-refractivity contribution in [1.82, 2.24) is 14.9 Å². The molecule has 0 unspecified atom stereocenters. The van der Waals surface area contributed by atoms with E-state index >= 15 is 0 Å². The number of anilines is 2. The van der Waals surface area contributed by atoms with Gasteiger partial charge in [0, 0.05) is 18.1 Å². The summed E-state index contributed by atoms with van der Waals surface area (Å²) in [6, 6.07) is 5.25. The summed E-state index contributed by atoms with van der Waals surface area (Å²) in [6.45, 7) is 5.53. The largest absolute Gasteiger partial charge is 0.495 e. The van der Waals surface area contributed by atoms with Crippen LogP contribution in [0.3, 0.4) is 0 Å². The van der Waals surface area contributed by atoms with E-state index in [1.165, 1.54) is 12.4 Å². The van der Waals surface area contributed by atoms with Crippen LogP contribution in [0, 0.1) is 0 Å². The zero-order chi connectivity index (χ0) is 18.2. The lowest BCUT2D eigenvalue weighted by atomic mass is 10.3. The van der Waals surface area contributed by atoms with Gasteiger partial charge in [-0.25, -0.2) is 9.97 Å². The van der Waals surface area contributed by atoms with Crippen LogP contribution < -0.4 is 10.1 Å². The highest BCUT2D eigenvalue weighted by Crippen LogP contribution is 2.29. The van der Waals surface area contributed by atoms with E-state index in [1.807, 2.05) is 13.8 Å². The first-order valence-electron chi connectivity index (χ1n) is 8.30. The van der Waals surface area contributed by atoms with Gasteiger partial charge < -0.3 is 15.0 Å². The number of rotatable bonds is 8. The lowest BCUT2D eigenvalue weighted by molar-refractivity contribution is 0.0749. The average Bonchev–Trinajstić information content (AvgIpc) is 2.62. The van der Waals surface area contributed by atoms with Crippen LogP contribution in [0.1, 0.15) is 37.2 Å². The predicted octanol–water partition coefficient (Wildman–Crippen LogP) is 4.14. The van der Waals surface area contributed by atoms with Crippen LogP contribution in [0.2, 0.25) is 5.02 Å². The molecule has 0 aliphatic carbocycles. The number of aromatic nitrogens is 2. The SMILES string of the molecule is CCCN(CCC)C(=O)c1cnc(Nc2cc(Cl)ccc2OC)cn1. The van der Waals surface area contributed by atoms with E-state index in [0.29, 0.717) is 41.1 Å². The van der Waals surface area contributed by atoms with Crippen molar-refractivity contribution in [3.63, 3.8) is 0 Å². The fraction of sp³-hybridized carbons (Fsp3) is 0.389. The molecule has 1 aromatic carbocycles. The van der Waals surface area contributed by atoms with Crippen molar-refractivity contribution in [3.05, 3.63) is 41.3 Å². The van der Waals surface area contributed by atoms with Gasteiger partial charge in [0.15, 0.2) is 0 Å². The number of methoxy groups -OCH3 is 1. The van der Waals surface area contributed by atoms with E-state index in [9.17, 15) is 4.79 Å². The molecule has 0 saturated heterocycles. The number of nitrogens with one attached hydrogen (secondary N) is 1. The Morgan fingerprint density at radius 3 is 2.48 bits per heavy atom. The third-order valence-electron chi connectivity index (χ3n) is 3.57.